The summed E-state index contributed by atoms with van der Waals surface area (Å²) in [5.74, 6) is 0. The van der Waals surface area contributed by atoms with Crippen molar-refractivity contribution >= 4 is 11.3 Å². The summed E-state index contributed by atoms with van der Waals surface area (Å²) >= 11 is 1.68. The molecule has 80 valence electrons. The van der Waals surface area contributed by atoms with Crippen LogP contribution in [0.2, 0.25) is 0 Å². The normalized spacial score (nSPS) is 12.9. The van der Waals surface area contributed by atoms with E-state index >= 15 is 0 Å². The molecular weight excluding hydrogens is 208 g/mol. The summed E-state index contributed by atoms with van der Waals surface area (Å²) in [5, 5.41) is 10.7. The molecule has 0 amide bonds. The van der Waals surface area contributed by atoms with Gasteiger partial charge in [-0.15, -0.1) is 11.3 Å². The molecule has 2 aromatic rings. The second-order valence-corrected chi connectivity index (χ2v) is 4.35. The molecule has 1 N–H and O–H groups in total. The topological polar surface area (TPSA) is 42.7 Å². The van der Waals surface area contributed by atoms with Gasteiger partial charge >= 0.3 is 0 Å². The number of rotatable bonds is 4. The molecule has 4 nitrogen and oxygen atoms in total. The van der Waals surface area contributed by atoms with Crippen LogP contribution in [0.15, 0.2) is 23.8 Å². The minimum atomic E-state index is 0.292. The average Bonchev–Trinajstić information content (AvgIpc) is 2.85. The smallest absolute Gasteiger partial charge is 0.109 e. The number of hydrogen-bond acceptors (Lipinski definition) is 4. The van der Waals surface area contributed by atoms with E-state index in [9.17, 15) is 0 Å². The fourth-order valence-corrected chi connectivity index (χ4v) is 2.04. The lowest BCUT2D eigenvalue weighted by molar-refractivity contribution is 0.546. The summed E-state index contributed by atoms with van der Waals surface area (Å²) < 4.78 is 1.88. The molecule has 0 spiro atoms. The summed E-state index contributed by atoms with van der Waals surface area (Å²) in [5.41, 5.74) is 1.18. The maximum Gasteiger partial charge on any atom is 0.109 e. The monoisotopic (exact) mass is 222 g/mol. The van der Waals surface area contributed by atoms with Crippen LogP contribution < -0.4 is 5.32 Å². The Labute approximate surface area is 93.0 Å². The second kappa shape index (κ2) is 4.55. The Kier molecular flexibility index (Phi) is 3.13. The van der Waals surface area contributed by atoms with Crippen LogP contribution in [0.25, 0.3) is 0 Å². The second-order valence-electron chi connectivity index (χ2n) is 3.42. The fourth-order valence-electron chi connectivity index (χ4n) is 1.37. The van der Waals surface area contributed by atoms with Crippen molar-refractivity contribution in [3.63, 3.8) is 0 Å². The third-order valence-electron chi connectivity index (χ3n) is 2.33. The van der Waals surface area contributed by atoms with Gasteiger partial charge < -0.3 is 5.32 Å². The van der Waals surface area contributed by atoms with Gasteiger partial charge in [0, 0.05) is 31.4 Å². The first-order valence-corrected chi connectivity index (χ1v) is 5.75. The fraction of sp³-hybridized carbons (Fsp3) is 0.400. The Morgan fingerprint density at radius 1 is 1.53 bits per heavy atom. The van der Waals surface area contributed by atoms with Gasteiger partial charge in [-0.25, -0.2) is 4.98 Å². The van der Waals surface area contributed by atoms with Crippen molar-refractivity contribution in [2.45, 2.75) is 19.5 Å². The molecule has 0 aliphatic carbocycles. The molecule has 0 aliphatic heterocycles. The summed E-state index contributed by atoms with van der Waals surface area (Å²) in [4.78, 5) is 4.27. The summed E-state index contributed by atoms with van der Waals surface area (Å²) in [7, 11) is 1.95. The van der Waals surface area contributed by atoms with Crippen LogP contribution in [-0.2, 0) is 13.6 Å². The Morgan fingerprint density at radius 2 is 2.40 bits per heavy atom. The Balaban J connectivity index is 1.91. The molecule has 2 rings (SSSR count). The first-order valence-electron chi connectivity index (χ1n) is 4.87. The summed E-state index contributed by atoms with van der Waals surface area (Å²) in [6.45, 7) is 2.94. The number of nitrogens with zero attached hydrogens (tertiary/aromatic N) is 3. The summed E-state index contributed by atoms with van der Waals surface area (Å²) in [6, 6.07) is 2.31. The van der Waals surface area contributed by atoms with Crippen molar-refractivity contribution in [2.75, 3.05) is 0 Å². The van der Waals surface area contributed by atoms with Gasteiger partial charge in [0.1, 0.15) is 5.01 Å². The van der Waals surface area contributed by atoms with E-state index in [1.54, 1.807) is 11.3 Å². The molecule has 0 saturated carbocycles. The van der Waals surface area contributed by atoms with Crippen molar-refractivity contribution in [1.82, 2.24) is 20.1 Å². The van der Waals surface area contributed by atoms with Crippen LogP contribution in [0.4, 0.5) is 0 Å². The van der Waals surface area contributed by atoms with Gasteiger partial charge in [-0.3, -0.25) is 4.68 Å². The Morgan fingerprint density at radius 3 is 3.00 bits per heavy atom. The van der Waals surface area contributed by atoms with Gasteiger partial charge in [-0.05, 0) is 13.0 Å². The molecule has 0 aromatic carbocycles. The SMILES string of the molecule is CC(NCc1ccnn1C)c1nccs1. The van der Waals surface area contributed by atoms with Crippen molar-refractivity contribution in [3.8, 4) is 0 Å². The highest BCUT2D eigenvalue weighted by Crippen LogP contribution is 2.15. The van der Waals surface area contributed by atoms with E-state index in [4.69, 9.17) is 0 Å². The highest BCUT2D eigenvalue weighted by molar-refractivity contribution is 7.09. The molecule has 0 radical (unpaired) electrons. The molecule has 0 bridgehead atoms. The van der Waals surface area contributed by atoms with E-state index in [0.29, 0.717) is 6.04 Å². The average molecular weight is 222 g/mol. The quantitative estimate of drug-likeness (QED) is 0.856. The molecule has 1 atom stereocenters. The van der Waals surface area contributed by atoms with Crippen LogP contribution in [0.1, 0.15) is 23.7 Å². The molecule has 0 saturated heterocycles. The zero-order valence-electron chi connectivity index (χ0n) is 8.84. The van der Waals surface area contributed by atoms with Crippen LogP contribution >= 0.6 is 11.3 Å². The Bertz CT molecular complexity index is 407. The maximum atomic E-state index is 4.27. The van der Waals surface area contributed by atoms with Gasteiger partial charge in [-0.2, -0.15) is 5.10 Å². The van der Waals surface area contributed by atoms with Crippen LogP contribution in [-0.4, -0.2) is 14.8 Å². The number of aryl methyl sites for hydroxylation is 1. The zero-order chi connectivity index (χ0) is 10.7. The highest BCUT2D eigenvalue weighted by atomic mass is 32.1. The predicted molar refractivity (Wildman–Crippen MR) is 60.6 cm³/mol. The van der Waals surface area contributed by atoms with Crippen molar-refractivity contribution < 1.29 is 0 Å². The van der Waals surface area contributed by atoms with Crippen molar-refractivity contribution in [1.29, 1.82) is 0 Å². The zero-order valence-corrected chi connectivity index (χ0v) is 9.66. The molecule has 0 fully saturated rings. The molecule has 0 aliphatic rings. The van der Waals surface area contributed by atoms with E-state index in [-0.39, 0.29) is 0 Å². The number of thiazole rings is 1. The molecule has 2 heterocycles. The van der Waals surface area contributed by atoms with E-state index in [1.165, 1.54) is 5.69 Å². The van der Waals surface area contributed by atoms with Crippen LogP contribution in [0.5, 0.6) is 0 Å². The minimum Gasteiger partial charge on any atom is -0.302 e. The van der Waals surface area contributed by atoms with Gasteiger partial charge in [-0.1, -0.05) is 0 Å². The van der Waals surface area contributed by atoms with Gasteiger partial charge in [0.25, 0.3) is 0 Å². The van der Waals surface area contributed by atoms with E-state index < -0.39 is 0 Å². The first-order chi connectivity index (χ1) is 7.27. The van der Waals surface area contributed by atoms with Crippen molar-refractivity contribution in [2.24, 2.45) is 7.05 Å². The number of nitrogens with one attached hydrogen (secondary N) is 1. The number of aromatic nitrogens is 3. The van der Waals surface area contributed by atoms with E-state index in [1.807, 2.05) is 35.6 Å². The lowest BCUT2D eigenvalue weighted by Crippen LogP contribution is -2.19. The minimum absolute atomic E-state index is 0.292. The van der Waals surface area contributed by atoms with Gasteiger partial charge in [0.05, 0.1) is 11.7 Å². The number of hydrogen-bond donors (Lipinski definition) is 1. The largest absolute Gasteiger partial charge is 0.302 e. The Hall–Kier alpha value is -1.20. The van der Waals surface area contributed by atoms with E-state index in [2.05, 4.69) is 22.3 Å². The van der Waals surface area contributed by atoms with Gasteiger partial charge in [0.15, 0.2) is 0 Å². The predicted octanol–water partition coefficient (Wildman–Crippen LogP) is 1.73. The van der Waals surface area contributed by atoms with Crippen LogP contribution in [0, 0.1) is 0 Å². The standard InChI is InChI=1S/C10H14N4S/c1-8(10-11-5-6-15-10)12-7-9-3-4-13-14(9)2/h3-6,8,12H,7H2,1-2H3. The molecule has 1 unspecified atom stereocenters. The lowest BCUT2D eigenvalue weighted by Gasteiger charge is -2.10. The van der Waals surface area contributed by atoms with Gasteiger partial charge in [0.2, 0.25) is 0 Å². The summed E-state index contributed by atoms with van der Waals surface area (Å²) in [6.07, 6.45) is 3.65. The highest BCUT2D eigenvalue weighted by Gasteiger charge is 2.07. The van der Waals surface area contributed by atoms with E-state index in [0.717, 1.165) is 11.6 Å². The maximum absolute atomic E-state index is 4.27. The van der Waals surface area contributed by atoms with Crippen LogP contribution in [0.3, 0.4) is 0 Å². The first kappa shape index (κ1) is 10.3. The third-order valence-corrected chi connectivity index (χ3v) is 3.29. The lowest BCUT2D eigenvalue weighted by atomic mass is 10.3. The third kappa shape index (κ3) is 2.43. The molecular formula is C10H14N4S. The molecule has 15 heavy (non-hydrogen) atoms. The van der Waals surface area contributed by atoms with Crippen molar-refractivity contribution in [3.05, 3.63) is 34.5 Å². The molecule has 5 heteroatoms. The molecule has 2 aromatic heterocycles.